The minimum Gasteiger partial charge on any atom is -0.481 e. The molecule has 2 aromatic heterocycles. The number of rotatable bonds is 5. The second-order valence-corrected chi connectivity index (χ2v) is 7.56. The van der Waals surface area contributed by atoms with Crippen molar-refractivity contribution in [2.75, 3.05) is 12.4 Å². The van der Waals surface area contributed by atoms with E-state index in [4.69, 9.17) is 4.74 Å². The molecule has 0 unspecified atom stereocenters. The molecule has 5 nitrogen and oxygen atoms in total. The quantitative estimate of drug-likeness (QED) is 0.514. The molecule has 1 aliphatic rings. The fourth-order valence-electron chi connectivity index (χ4n) is 3.94. The molecule has 1 fully saturated rings. The zero-order chi connectivity index (χ0) is 20.5. The van der Waals surface area contributed by atoms with E-state index < -0.39 is 0 Å². The number of hydrogen-bond acceptors (Lipinski definition) is 4. The van der Waals surface area contributed by atoms with Crippen molar-refractivity contribution in [3.8, 4) is 17.0 Å². The number of benzene rings is 2. The molecule has 148 valence electrons. The van der Waals surface area contributed by atoms with Gasteiger partial charge in [-0.15, -0.1) is 0 Å². The summed E-state index contributed by atoms with van der Waals surface area (Å²) in [6.45, 7) is 0. The summed E-state index contributed by atoms with van der Waals surface area (Å²) in [7, 11) is 1.61. The van der Waals surface area contributed by atoms with Crippen molar-refractivity contribution < 1.29 is 9.53 Å². The molecule has 0 saturated heterocycles. The van der Waals surface area contributed by atoms with Gasteiger partial charge in [0.15, 0.2) is 0 Å². The number of nitrogens with zero attached hydrogens (tertiary/aromatic N) is 2. The number of anilines is 1. The third-order valence-corrected chi connectivity index (χ3v) is 5.65. The molecule has 1 amide bonds. The minimum atomic E-state index is 0.0110. The summed E-state index contributed by atoms with van der Waals surface area (Å²) in [6, 6.07) is 20.1. The van der Waals surface area contributed by atoms with Crippen molar-refractivity contribution in [1.29, 1.82) is 0 Å². The molecule has 2 atom stereocenters. The Morgan fingerprint density at radius 1 is 1.03 bits per heavy atom. The van der Waals surface area contributed by atoms with Gasteiger partial charge in [0.2, 0.25) is 11.8 Å². The van der Waals surface area contributed by atoms with Crippen LogP contribution in [0.5, 0.6) is 5.88 Å². The molecule has 30 heavy (non-hydrogen) atoms. The number of carbonyl (C=O) groups excluding carboxylic acids is 1. The monoisotopic (exact) mass is 395 g/mol. The molecule has 5 heteroatoms. The van der Waals surface area contributed by atoms with Crippen molar-refractivity contribution in [2.24, 2.45) is 5.92 Å². The Bertz CT molecular complexity index is 1210. The SMILES string of the molecule is COc1nccc2cc(NC(=O)[C@@H]3C[C@H]3c3ccc(-c4cccnc4)cc3)ccc12. The summed E-state index contributed by atoms with van der Waals surface area (Å²) < 4.78 is 5.29. The van der Waals surface area contributed by atoms with Crippen molar-refractivity contribution >= 4 is 22.4 Å². The lowest BCUT2D eigenvalue weighted by molar-refractivity contribution is -0.117. The Kier molecular flexibility index (Phi) is 4.64. The Balaban J connectivity index is 1.27. The number of aromatic nitrogens is 2. The third-order valence-electron chi connectivity index (χ3n) is 5.65. The van der Waals surface area contributed by atoms with Crippen molar-refractivity contribution in [3.63, 3.8) is 0 Å². The zero-order valence-corrected chi connectivity index (χ0v) is 16.6. The molecule has 0 bridgehead atoms. The lowest BCUT2D eigenvalue weighted by atomic mass is 10.0. The van der Waals surface area contributed by atoms with E-state index >= 15 is 0 Å². The number of ether oxygens (including phenoxy) is 1. The Hall–Kier alpha value is -3.73. The molecule has 5 rings (SSSR count). The smallest absolute Gasteiger partial charge is 0.228 e. The van der Waals surface area contributed by atoms with Crippen LogP contribution in [0.2, 0.25) is 0 Å². The van der Waals surface area contributed by atoms with Crippen LogP contribution in [0.4, 0.5) is 5.69 Å². The molecule has 0 radical (unpaired) electrons. The van der Waals surface area contributed by atoms with E-state index in [1.807, 2.05) is 42.6 Å². The average Bonchev–Trinajstić information content (AvgIpc) is 3.60. The van der Waals surface area contributed by atoms with Crippen LogP contribution in [0, 0.1) is 5.92 Å². The van der Waals surface area contributed by atoms with Crippen LogP contribution in [-0.2, 0) is 4.79 Å². The third kappa shape index (κ3) is 3.50. The van der Waals surface area contributed by atoms with Gasteiger partial charge in [0.05, 0.1) is 7.11 Å². The van der Waals surface area contributed by atoms with E-state index in [-0.39, 0.29) is 17.7 Å². The second kappa shape index (κ2) is 7.59. The Labute approximate surface area is 174 Å². The number of nitrogens with one attached hydrogen (secondary N) is 1. The number of methoxy groups -OCH3 is 1. The summed E-state index contributed by atoms with van der Waals surface area (Å²) in [4.78, 5) is 21.1. The van der Waals surface area contributed by atoms with Crippen molar-refractivity contribution in [3.05, 3.63) is 84.8 Å². The van der Waals surface area contributed by atoms with E-state index in [2.05, 4.69) is 39.6 Å². The van der Waals surface area contributed by atoms with E-state index in [9.17, 15) is 4.79 Å². The fourth-order valence-corrected chi connectivity index (χ4v) is 3.94. The summed E-state index contributed by atoms with van der Waals surface area (Å²) in [5.41, 5.74) is 4.22. The predicted octanol–water partition coefficient (Wildman–Crippen LogP) is 5.05. The summed E-state index contributed by atoms with van der Waals surface area (Å²) in [5.74, 6) is 0.939. The van der Waals surface area contributed by atoms with E-state index in [0.29, 0.717) is 5.88 Å². The van der Waals surface area contributed by atoms with E-state index in [1.54, 1.807) is 19.5 Å². The highest BCUT2D eigenvalue weighted by molar-refractivity contribution is 5.98. The van der Waals surface area contributed by atoms with E-state index in [0.717, 1.165) is 34.0 Å². The molecular weight excluding hydrogens is 374 g/mol. The average molecular weight is 395 g/mol. The van der Waals surface area contributed by atoms with Crippen LogP contribution in [0.25, 0.3) is 21.9 Å². The van der Waals surface area contributed by atoms with Gasteiger partial charge >= 0.3 is 0 Å². The first-order valence-corrected chi connectivity index (χ1v) is 9.97. The normalized spacial score (nSPS) is 17.5. The predicted molar refractivity (Wildman–Crippen MR) is 117 cm³/mol. The number of carbonyl (C=O) groups is 1. The fraction of sp³-hybridized carbons (Fsp3) is 0.160. The van der Waals surface area contributed by atoms with Crippen LogP contribution in [0.15, 0.2) is 79.3 Å². The first-order valence-electron chi connectivity index (χ1n) is 9.97. The maximum atomic E-state index is 12.7. The van der Waals surface area contributed by atoms with Gasteiger partial charge in [-0.2, -0.15) is 0 Å². The molecule has 4 aromatic rings. The number of amides is 1. The molecule has 0 spiro atoms. The Morgan fingerprint density at radius 2 is 1.90 bits per heavy atom. The minimum absolute atomic E-state index is 0.0110. The topological polar surface area (TPSA) is 64.1 Å². The van der Waals surface area contributed by atoms with Gasteiger partial charge in [0.25, 0.3) is 0 Å². The van der Waals surface area contributed by atoms with E-state index in [1.165, 1.54) is 5.56 Å². The molecule has 1 aliphatic carbocycles. The molecule has 2 aromatic carbocycles. The van der Waals surface area contributed by atoms with Crippen LogP contribution >= 0.6 is 0 Å². The molecule has 0 aliphatic heterocycles. The highest BCUT2D eigenvalue weighted by Gasteiger charge is 2.43. The molecular formula is C25H21N3O2. The lowest BCUT2D eigenvalue weighted by Gasteiger charge is -2.08. The van der Waals surface area contributed by atoms with Crippen LogP contribution in [0.1, 0.15) is 17.9 Å². The van der Waals surface area contributed by atoms with Gasteiger partial charge in [-0.3, -0.25) is 9.78 Å². The first-order chi connectivity index (χ1) is 14.7. The van der Waals surface area contributed by atoms with Crippen LogP contribution in [-0.4, -0.2) is 23.0 Å². The lowest BCUT2D eigenvalue weighted by Crippen LogP contribution is -2.14. The van der Waals surface area contributed by atoms with Crippen LogP contribution in [0.3, 0.4) is 0 Å². The largest absolute Gasteiger partial charge is 0.481 e. The summed E-state index contributed by atoms with van der Waals surface area (Å²) >= 11 is 0. The van der Waals surface area contributed by atoms with Gasteiger partial charge in [0.1, 0.15) is 0 Å². The summed E-state index contributed by atoms with van der Waals surface area (Å²) in [5, 5.41) is 4.97. The number of pyridine rings is 2. The molecule has 1 saturated carbocycles. The number of fused-ring (bicyclic) bond motifs is 1. The highest BCUT2D eigenvalue weighted by atomic mass is 16.5. The molecule has 1 N–H and O–H groups in total. The van der Waals surface area contributed by atoms with Crippen molar-refractivity contribution in [2.45, 2.75) is 12.3 Å². The molecule has 2 heterocycles. The maximum Gasteiger partial charge on any atom is 0.228 e. The van der Waals surface area contributed by atoms with Gasteiger partial charge in [0, 0.05) is 35.6 Å². The zero-order valence-electron chi connectivity index (χ0n) is 16.6. The number of hydrogen-bond donors (Lipinski definition) is 1. The van der Waals surface area contributed by atoms with Crippen molar-refractivity contribution in [1.82, 2.24) is 9.97 Å². The Morgan fingerprint density at radius 3 is 2.67 bits per heavy atom. The van der Waals surface area contributed by atoms with Crippen LogP contribution < -0.4 is 10.1 Å². The first kappa shape index (κ1) is 18.3. The van der Waals surface area contributed by atoms with Gasteiger partial charge in [-0.1, -0.05) is 30.3 Å². The maximum absolute atomic E-state index is 12.7. The van der Waals surface area contributed by atoms with Gasteiger partial charge < -0.3 is 10.1 Å². The highest BCUT2D eigenvalue weighted by Crippen LogP contribution is 2.48. The summed E-state index contributed by atoms with van der Waals surface area (Å²) in [6.07, 6.45) is 6.22. The standard InChI is InChI=1S/C25H21N3O2/c1-30-25-21-9-8-20(13-18(21)10-12-27-25)28-24(29)23-14-22(23)17-6-4-16(5-7-17)19-3-2-11-26-15-19/h2-13,15,22-23H,14H2,1H3,(H,28,29)/t22-,23+/m0/s1. The second-order valence-electron chi connectivity index (χ2n) is 7.56. The van der Waals surface area contributed by atoms with Gasteiger partial charge in [-0.25, -0.2) is 4.98 Å². The van der Waals surface area contributed by atoms with Gasteiger partial charge in [-0.05, 0) is 64.7 Å².